The second-order valence-electron chi connectivity index (χ2n) is 5.10. The summed E-state index contributed by atoms with van der Waals surface area (Å²) in [4.78, 5) is 8.75. The van der Waals surface area contributed by atoms with Gasteiger partial charge < -0.3 is 15.7 Å². The third-order valence-corrected chi connectivity index (χ3v) is 5.32. The van der Waals surface area contributed by atoms with Gasteiger partial charge in [-0.25, -0.2) is 18.1 Å². The second kappa shape index (κ2) is 9.09. The number of hydrogen-bond donors (Lipinski definition) is 4. The van der Waals surface area contributed by atoms with E-state index in [4.69, 9.17) is 5.11 Å². The van der Waals surface area contributed by atoms with Gasteiger partial charge >= 0.3 is 0 Å². The summed E-state index contributed by atoms with van der Waals surface area (Å²) in [6.45, 7) is 0.852. The molecule has 0 saturated carbocycles. The molecule has 0 atom stereocenters. The van der Waals surface area contributed by atoms with Crippen LogP contribution in [0.25, 0.3) is 0 Å². The van der Waals surface area contributed by atoms with Crippen molar-refractivity contribution in [2.24, 2.45) is 0 Å². The molecule has 136 valence electrons. The van der Waals surface area contributed by atoms with Crippen molar-refractivity contribution in [2.75, 3.05) is 30.8 Å². The van der Waals surface area contributed by atoms with Crippen LogP contribution in [0.2, 0.25) is 0 Å². The fraction of sp³-hybridized carbons (Fsp3) is 0.333. The Morgan fingerprint density at radius 3 is 2.56 bits per heavy atom. The van der Waals surface area contributed by atoms with Gasteiger partial charge in [-0.2, -0.15) is 4.98 Å². The van der Waals surface area contributed by atoms with Crippen LogP contribution in [0.3, 0.4) is 0 Å². The summed E-state index contributed by atoms with van der Waals surface area (Å²) in [7, 11) is -2.09. The Bertz CT molecular complexity index is 799. The normalized spacial score (nSPS) is 11.3. The standard InChI is InChI=1S/C15H20BrN5O3S/c1-17-25(23,24)12-6-4-11(5-7-12)20-15-19-10-13(16)14(21-15)18-8-2-3-9-22/h4-7,10,17,22H,2-3,8-9H2,1H3,(H2,18,19,20,21). The van der Waals surface area contributed by atoms with E-state index in [9.17, 15) is 8.42 Å². The van der Waals surface area contributed by atoms with E-state index in [2.05, 4.69) is 41.3 Å². The lowest BCUT2D eigenvalue weighted by molar-refractivity contribution is 0.286. The van der Waals surface area contributed by atoms with Crippen LogP contribution < -0.4 is 15.4 Å². The molecular formula is C15H20BrN5O3S. The van der Waals surface area contributed by atoms with Gasteiger partial charge in [-0.3, -0.25) is 0 Å². The largest absolute Gasteiger partial charge is 0.396 e. The van der Waals surface area contributed by atoms with Crippen LogP contribution in [0, 0.1) is 0 Å². The van der Waals surface area contributed by atoms with Gasteiger partial charge in [-0.15, -0.1) is 0 Å². The maximum atomic E-state index is 11.7. The van der Waals surface area contributed by atoms with Crippen molar-refractivity contribution in [3.8, 4) is 0 Å². The highest BCUT2D eigenvalue weighted by Crippen LogP contribution is 2.22. The van der Waals surface area contributed by atoms with Crippen LogP contribution in [0.5, 0.6) is 0 Å². The molecule has 0 unspecified atom stereocenters. The molecule has 2 aromatic rings. The van der Waals surface area contributed by atoms with Crippen molar-refractivity contribution in [1.29, 1.82) is 0 Å². The van der Waals surface area contributed by atoms with Crippen LogP contribution in [0.1, 0.15) is 12.8 Å². The molecule has 0 radical (unpaired) electrons. The highest BCUT2D eigenvalue weighted by atomic mass is 79.9. The molecule has 10 heteroatoms. The van der Waals surface area contributed by atoms with Crippen LogP contribution in [0.4, 0.5) is 17.5 Å². The minimum absolute atomic E-state index is 0.165. The monoisotopic (exact) mass is 429 g/mol. The van der Waals surface area contributed by atoms with Crippen molar-refractivity contribution in [3.05, 3.63) is 34.9 Å². The number of aromatic nitrogens is 2. The van der Waals surface area contributed by atoms with Gasteiger partial charge in [-0.1, -0.05) is 0 Å². The number of benzene rings is 1. The first-order valence-electron chi connectivity index (χ1n) is 7.64. The number of nitrogens with zero attached hydrogens (tertiary/aromatic N) is 2. The predicted molar refractivity (Wildman–Crippen MR) is 101 cm³/mol. The van der Waals surface area contributed by atoms with Gasteiger partial charge in [0.1, 0.15) is 5.82 Å². The first-order chi connectivity index (χ1) is 12.0. The van der Waals surface area contributed by atoms with Gasteiger partial charge in [0.2, 0.25) is 16.0 Å². The number of unbranched alkanes of at least 4 members (excludes halogenated alkanes) is 1. The summed E-state index contributed by atoms with van der Waals surface area (Å²) in [6, 6.07) is 6.29. The molecule has 1 heterocycles. The van der Waals surface area contributed by atoms with E-state index in [1.54, 1.807) is 18.3 Å². The van der Waals surface area contributed by atoms with E-state index in [1.165, 1.54) is 19.2 Å². The topological polar surface area (TPSA) is 116 Å². The Morgan fingerprint density at radius 2 is 1.92 bits per heavy atom. The van der Waals surface area contributed by atoms with Gasteiger partial charge in [0.05, 0.1) is 9.37 Å². The van der Waals surface area contributed by atoms with Gasteiger partial charge in [0, 0.05) is 25.0 Å². The Morgan fingerprint density at radius 1 is 1.20 bits per heavy atom. The zero-order valence-electron chi connectivity index (χ0n) is 13.7. The highest BCUT2D eigenvalue weighted by Gasteiger charge is 2.11. The zero-order valence-corrected chi connectivity index (χ0v) is 16.1. The molecule has 1 aromatic carbocycles. The molecular weight excluding hydrogens is 410 g/mol. The maximum absolute atomic E-state index is 11.7. The molecule has 0 amide bonds. The minimum atomic E-state index is -3.46. The SMILES string of the molecule is CNS(=O)(=O)c1ccc(Nc2ncc(Br)c(NCCCCO)n2)cc1. The summed E-state index contributed by atoms with van der Waals surface area (Å²) in [5.41, 5.74) is 0.670. The molecule has 8 nitrogen and oxygen atoms in total. The number of anilines is 3. The van der Waals surface area contributed by atoms with Crippen molar-refractivity contribution in [3.63, 3.8) is 0 Å². The van der Waals surface area contributed by atoms with Crippen molar-refractivity contribution in [1.82, 2.24) is 14.7 Å². The highest BCUT2D eigenvalue weighted by molar-refractivity contribution is 9.10. The third-order valence-electron chi connectivity index (χ3n) is 3.31. The van der Waals surface area contributed by atoms with Crippen LogP contribution >= 0.6 is 15.9 Å². The zero-order chi connectivity index (χ0) is 18.3. The van der Waals surface area contributed by atoms with E-state index >= 15 is 0 Å². The van der Waals surface area contributed by atoms with E-state index in [-0.39, 0.29) is 11.5 Å². The molecule has 4 N–H and O–H groups in total. The summed E-state index contributed by atoms with van der Waals surface area (Å²) in [6.07, 6.45) is 3.18. The molecule has 0 aliphatic heterocycles. The number of sulfonamides is 1. The lowest BCUT2D eigenvalue weighted by Gasteiger charge is -2.10. The van der Waals surface area contributed by atoms with Crippen molar-refractivity contribution < 1.29 is 13.5 Å². The Balaban J connectivity index is 2.07. The first-order valence-corrected chi connectivity index (χ1v) is 9.92. The molecule has 1 aromatic heterocycles. The summed E-state index contributed by atoms with van der Waals surface area (Å²) >= 11 is 3.39. The number of aliphatic hydroxyl groups excluding tert-OH is 1. The molecule has 0 bridgehead atoms. The van der Waals surface area contributed by atoms with Crippen LogP contribution in [-0.2, 0) is 10.0 Å². The van der Waals surface area contributed by atoms with E-state index < -0.39 is 10.0 Å². The molecule has 0 spiro atoms. The van der Waals surface area contributed by atoms with Gasteiger partial charge in [0.15, 0.2) is 0 Å². The van der Waals surface area contributed by atoms with Gasteiger partial charge in [0.25, 0.3) is 0 Å². The summed E-state index contributed by atoms with van der Waals surface area (Å²) in [5, 5.41) is 15.0. The smallest absolute Gasteiger partial charge is 0.240 e. The molecule has 0 aliphatic rings. The maximum Gasteiger partial charge on any atom is 0.240 e. The average Bonchev–Trinajstić information content (AvgIpc) is 2.61. The molecule has 0 fully saturated rings. The van der Waals surface area contributed by atoms with E-state index in [0.717, 1.165) is 17.3 Å². The second-order valence-corrected chi connectivity index (χ2v) is 7.85. The molecule has 0 saturated heterocycles. The molecule has 25 heavy (non-hydrogen) atoms. The summed E-state index contributed by atoms with van der Waals surface area (Å²) < 4.78 is 26.4. The Kier molecular flexibility index (Phi) is 7.12. The average molecular weight is 430 g/mol. The van der Waals surface area contributed by atoms with E-state index in [0.29, 0.717) is 24.0 Å². The quantitative estimate of drug-likeness (QED) is 0.450. The number of hydrogen-bond acceptors (Lipinski definition) is 7. The molecule has 2 rings (SSSR count). The van der Waals surface area contributed by atoms with Crippen LogP contribution in [0.15, 0.2) is 39.8 Å². The Labute approximate surface area is 155 Å². The van der Waals surface area contributed by atoms with Crippen LogP contribution in [-0.4, -0.2) is 43.7 Å². The fourth-order valence-electron chi connectivity index (χ4n) is 1.96. The fourth-order valence-corrected chi connectivity index (χ4v) is 3.02. The molecule has 0 aliphatic carbocycles. The third kappa shape index (κ3) is 5.63. The van der Waals surface area contributed by atoms with Gasteiger partial charge in [-0.05, 0) is 60.1 Å². The lowest BCUT2D eigenvalue weighted by Crippen LogP contribution is -2.18. The Hall–Kier alpha value is -1.75. The predicted octanol–water partition coefficient (Wildman–Crippen LogP) is 2.08. The minimum Gasteiger partial charge on any atom is -0.396 e. The first kappa shape index (κ1) is 19.6. The van der Waals surface area contributed by atoms with Crippen molar-refractivity contribution in [2.45, 2.75) is 17.7 Å². The van der Waals surface area contributed by atoms with E-state index in [1.807, 2.05) is 0 Å². The number of nitrogens with one attached hydrogen (secondary N) is 3. The lowest BCUT2D eigenvalue weighted by atomic mass is 10.3. The number of aliphatic hydroxyl groups is 1. The summed E-state index contributed by atoms with van der Waals surface area (Å²) in [5.74, 6) is 1.03. The van der Waals surface area contributed by atoms with Crippen molar-refractivity contribution >= 4 is 43.4 Å². The number of rotatable bonds is 9. The number of halogens is 1.